The lowest BCUT2D eigenvalue weighted by molar-refractivity contribution is -0.119. The van der Waals surface area contributed by atoms with Crippen LogP contribution >= 0.6 is 15.9 Å². The van der Waals surface area contributed by atoms with Crippen molar-refractivity contribution in [1.82, 2.24) is 10.3 Å². The number of carbonyl (C=O) groups excluding carboxylic acids is 1. The summed E-state index contributed by atoms with van der Waals surface area (Å²) in [6, 6.07) is 1.80. The molecule has 1 aromatic heterocycles. The van der Waals surface area contributed by atoms with E-state index in [4.69, 9.17) is 5.73 Å². The zero-order valence-corrected chi connectivity index (χ0v) is 10.3. The van der Waals surface area contributed by atoms with Crippen molar-refractivity contribution in [3.8, 4) is 0 Å². The van der Waals surface area contributed by atoms with E-state index >= 15 is 0 Å². The standard InChI is InChI=1S/C10H13BrN4O/c11-8-4-7(12)5-14-10(8)15-3-1-2-13-9(16)6-15/h4-5H,1-3,6,12H2,(H,13,16). The number of hydrogen-bond acceptors (Lipinski definition) is 4. The summed E-state index contributed by atoms with van der Waals surface area (Å²) >= 11 is 3.41. The number of aromatic nitrogens is 1. The van der Waals surface area contributed by atoms with Crippen molar-refractivity contribution in [1.29, 1.82) is 0 Å². The molecule has 2 heterocycles. The van der Waals surface area contributed by atoms with E-state index in [9.17, 15) is 4.79 Å². The Labute approximate surface area is 102 Å². The molecule has 5 nitrogen and oxygen atoms in total. The minimum absolute atomic E-state index is 0.0306. The Balaban J connectivity index is 2.24. The molecule has 1 saturated heterocycles. The van der Waals surface area contributed by atoms with Crippen LogP contribution in [0.3, 0.4) is 0 Å². The first-order valence-corrected chi connectivity index (χ1v) is 5.89. The molecule has 1 amide bonds. The second-order valence-corrected chi connectivity index (χ2v) is 4.55. The van der Waals surface area contributed by atoms with Crippen LogP contribution in [0.1, 0.15) is 6.42 Å². The lowest BCUT2D eigenvalue weighted by atomic mass is 10.3. The monoisotopic (exact) mass is 284 g/mol. The van der Waals surface area contributed by atoms with Crippen LogP contribution in [0.5, 0.6) is 0 Å². The Hall–Kier alpha value is -1.30. The van der Waals surface area contributed by atoms with Gasteiger partial charge in [-0.25, -0.2) is 4.98 Å². The van der Waals surface area contributed by atoms with Crippen LogP contribution in [0.2, 0.25) is 0 Å². The molecule has 6 heteroatoms. The second kappa shape index (κ2) is 4.69. The number of nitrogens with two attached hydrogens (primary N) is 1. The maximum absolute atomic E-state index is 11.4. The smallest absolute Gasteiger partial charge is 0.239 e. The SMILES string of the molecule is Nc1cnc(N2CCCNC(=O)C2)c(Br)c1. The molecule has 0 aliphatic carbocycles. The molecular formula is C10H13BrN4O. The fourth-order valence-electron chi connectivity index (χ4n) is 1.67. The van der Waals surface area contributed by atoms with Gasteiger partial charge < -0.3 is 16.0 Å². The number of nitrogen functional groups attached to an aromatic ring is 1. The van der Waals surface area contributed by atoms with Crippen molar-refractivity contribution in [3.05, 3.63) is 16.7 Å². The molecule has 0 aromatic carbocycles. The van der Waals surface area contributed by atoms with Crippen molar-refractivity contribution < 1.29 is 4.79 Å². The predicted octanol–water partition coefficient (Wildman–Crippen LogP) is 0.753. The third kappa shape index (κ3) is 2.44. The van der Waals surface area contributed by atoms with E-state index in [1.807, 2.05) is 4.90 Å². The van der Waals surface area contributed by atoms with Crippen LogP contribution in [0.4, 0.5) is 11.5 Å². The Morgan fingerprint density at radius 2 is 2.38 bits per heavy atom. The highest BCUT2D eigenvalue weighted by Crippen LogP contribution is 2.25. The molecule has 3 N–H and O–H groups in total. The number of halogens is 1. The number of rotatable bonds is 1. The van der Waals surface area contributed by atoms with Gasteiger partial charge in [-0.05, 0) is 28.4 Å². The van der Waals surface area contributed by atoms with E-state index in [1.165, 1.54) is 0 Å². The van der Waals surface area contributed by atoms with Gasteiger partial charge in [0, 0.05) is 13.1 Å². The molecule has 0 bridgehead atoms. The summed E-state index contributed by atoms with van der Waals surface area (Å²) in [7, 11) is 0. The van der Waals surface area contributed by atoms with Crippen molar-refractivity contribution in [2.75, 3.05) is 30.3 Å². The molecule has 1 fully saturated rings. The number of pyridine rings is 1. The van der Waals surface area contributed by atoms with Gasteiger partial charge in [0.05, 0.1) is 22.9 Å². The van der Waals surface area contributed by atoms with Crippen molar-refractivity contribution in [2.45, 2.75) is 6.42 Å². The van der Waals surface area contributed by atoms with Crippen LogP contribution in [-0.4, -0.2) is 30.5 Å². The largest absolute Gasteiger partial charge is 0.397 e. The molecule has 0 saturated carbocycles. The van der Waals surface area contributed by atoms with E-state index in [0.29, 0.717) is 12.2 Å². The third-order valence-corrected chi connectivity index (χ3v) is 2.99. The normalized spacial score (nSPS) is 16.8. The number of nitrogens with one attached hydrogen (secondary N) is 1. The summed E-state index contributed by atoms with van der Waals surface area (Å²) in [5.41, 5.74) is 6.23. The van der Waals surface area contributed by atoms with E-state index < -0.39 is 0 Å². The summed E-state index contributed by atoms with van der Waals surface area (Å²) in [6.07, 6.45) is 2.52. The van der Waals surface area contributed by atoms with Gasteiger partial charge in [0.2, 0.25) is 5.91 Å². The van der Waals surface area contributed by atoms with Crippen molar-refractivity contribution in [3.63, 3.8) is 0 Å². The Kier molecular flexibility index (Phi) is 3.28. The molecule has 86 valence electrons. The minimum Gasteiger partial charge on any atom is -0.397 e. The van der Waals surface area contributed by atoms with Crippen molar-refractivity contribution >= 4 is 33.3 Å². The first-order valence-electron chi connectivity index (χ1n) is 5.09. The number of nitrogens with zero attached hydrogens (tertiary/aromatic N) is 2. The highest BCUT2D eigenvalue weighted by atomic mass is 79.9. The maximum Gasteiger partial charge on any atom is 0.239 e. The Morgan fingerprint density at radius 1 is 1.56 bits per heavy atom. The first kappa shape index (κ1) is 11.2. The Bertz CT molecular complexity index is 410. The van der Waals surface area contributed by atoms with E-state index in [1.54, 1.807) is 12.3 Å². The van der Waals surface area contributed by atoms with E-state index in [-0.39, 0.29) is 5.91 Å². The molecule has 2 rings (SSSR count). The van der Waals surface area contributed by atoms with E-state index in [0.717, 1.165) is 29.8 Å². The molecule has 1 aromatic rings. The van der Waals surface area contributed by atoms with Crippen LogP contribution in [-0.2, 0) is 4.79 Å². The van der Waals surface area contributed by atoms with E-state index in [2.05, 4.69) is 26.2 Å². The lowest BCUT2D eigenvalue weighted by Crippen LogP contribution is -2.33. The van der Waals surface area contributed by atoms with Gasteiger partial charge >= 0.3 is 0 Å². The van der Waals surface area contributed by atoms with Crippen LogP contribution in [0.15, 0.2) is 16.7 Å². The van der Waals surface area contributed by atoms with Gasteiger partial charge in [-0.3, -0.25) is 4.79 Å². The number of carbonyl (C=O) groups is 1. The number of amides is 1. The van der Waals surface area contributed by atoms with Crippen LogP contribution in [0.25, 0.3) is 0 Å². The average Bonchev–Trinajstić information content (AvgIpc) is 2.43. The third-order valence-electron chi connectivity index (χ3n) is 2.40. The fourth-order valence-corrected chi connectivity index (χ4v) is 2.28. The summed E-state index contributed by atoms with van der Waals surface area (Å²) in [6.45, 7) is 1.88. The first-order chi connectivity index (χ1) is 7.66. The van der Waals surface area contributed by atoms with Gasteiger partial charge in [-0.15, -0.1) is 0 Å². The van der Waals surface area contributed by atoms with Crippen LogP contribution < -0.4 is 16.0 Å². The summed E-state index contributed by atoms with van der Waals surface area (Å²) in [4.78, 5) is 17.6. The molecular weight excluding hydrogens is 272 g/mol. The van der Waals surface area contributed by atoms with Crippen molar-refractivity contribution in [2.24, 2.45) is 0 Å². The summed E-state index contributed by atoms with van der Waals surface area (Å²) < 4.78 is 0.821. The molecule has 0 radical (unpaired) electrons. The van der Waals surface area contributed by atoms with Gasteiger partial charge in [-0.1, -0.05) is 0 Å². The zero-order chi connectivity index (χ0) is 11.5. The topological polar surface area (TPSA) is 71.2 Å². The minimum atomic E-state index is 0.0306. The Morgan fingerprint density at radius 3 is 3.12 bits per heavy atom. The van der Waals surface area contributed by atoms with Gasteiger partial charge in [0.1, 0.15) is 5.82 Å². The molecule has 0 unspecified atom stereocenters. The highest BCUT2D eigenvalue weighted by Gasteiger charge is 2.17. The molecule has 0 spiro atoms. The molecule has 1 aliphatic heterocycles. The van der Waals surface area contributed by atoms with Gasteiger partial charge in [-0.2, -0.15) is 0 Å². The number of hydrogen-bond donors (Lipinski definition) is 2. The quantitative estimate of drug-likeness (QED) is 0.799. The van der Waals surface area contributed by atoms with Gasteiger partial charge in [0.15, 0.2) is 0 Å². The maximum atomic E-state index is 11.4. The zero-order valence-electron chi connectivity index (χ0n) is 8.74. The fraction of sp³-hybridized carbons (Fsp3) is 0.400. The summed E-state index contributed by atoms with van der Waals surface area (Å²) in [5.74, 6) is 0.800. The number of anilines is 2. The molecule has 0 atom stereocenters. The van der Waals surface area contributed by atoms with Crippen LogP contribution in [0, 0.1) is 0 Å². The molecule has 1 aliphatic rings. The average molecular weight is 285 g/mol. The molecule has 16 heavy (non-hydrogen) atoms. The highest BCUT2D eigenvalue weighted by molar-refractivity contribution is 9.10. The predicted molar refractivity (Wildman–Crippen MR) is 66.2 cm³/mol. The summed E-state index contributed by atoms with van der Waals surface area (Å²) in [5, 5.41) is 2.83. The lowest BCUT2D eigenvalue weighted by Gasteiger charge is -2.21. The second-order valence-electron chi connectivity index (χ2n) is 3.70. The van der Waals surface area contributed by atoms with Gasteiger partial charge in [0.25, 0.3) is 0 Å².